The molecule has 3 aromatic rings. The van der Waals surface area contributed by atoms with E-state index >= 15 is 0 Å². The van der Waals surface area contributed by atoms with Crippen molar-refractivity contribution in [2.24, 2.45) is 0 Å². The normalized spacial score (nSPS) is 24.3. The van der Waals surface area contributed by atoms with Crippen LogP contribution in [0.1, 0.15) is 85.7 Å². The molecule has 1 aliphatic heterocycles. The van der Waals surface area contributed by atoms with E-state index in [1.807, 2.05) is 13.0 Å². The molecule has 2 aromatic heterocycles. The zero-order valence-electron chi connectivity index (χ0n) is 17.8. The molecule has 0 amide bonds. The van der Waals surface area contributed by atoms with E-state index in [1.165, 1.54) is 30.5 Å². The number of halogens is 1. The van der Waals surface area contributed by atoms with E-state index < -0.39 is 0 Å². The smallest absolute Gasteiger partial charge is 0.223 e. The Balaban J connectivity index is 1.31. The van der Waals surface area contributed by atoms with Crippen LogP contribution in [0.3, 0.4) is 0 Å². The van der Waals surface area contributed by atoms with Crippen molar-refractivity contribution in [3.8, 4) is 5.69 Å². The van der Waals surface area contributed by atoms with Crippen molar-refractivity contribution in [3.63, 3.8) is 0 Å². The maximum absolute atomic E-state index is 6.39. The number of hydrogen-bond acceptors (Lipinski definition) is 6. The van der Waals surface area contributed by atoms with Gasteiger partial charge in [0, 0.05) is 36.4 Å². The van der Waals surface area contributed by atoms with Gasteiger partial charge >= 0.3 is 0 Å². The van der Waals surface area contributed by atoms with Crippen LogP contribution in [-0.4, -0.2) is 35.8 Å². The maximum atomic E-state index is 6.39. The van der Waals surface area contributed by atoms with E-state index in [-0.39, 0.29) is 0 Å². The molecule has 0 atom stereocenters. The fraction of sp³-hybridized carbons (Fsp3) is 0.565. The van der Waals surface area contributed by atoms with Gasteiger partial charge in [-0.05, 0) is 62.3 Å². The molecule has 0 N–H and O–H groups in total. The number of aryl methyl sites for hydroxylation is 1. The van der Waals surface area contributed by atoms with Crippen molar-refractivity contribution in [2.45, 2.75) is 82.8 Å². The van der Waals surface area contributed by atoms with E-state index in [0.717, 1.165) is 61.3 Å². The summed E-state index contributed by atoms with van der Waals surface area (Å²) in [6.07, 6.45) is 8.09. The lowest BCUT2D eigenvalue weighted by Gasteiger charge is -2.36. The van der Waals surface area contributed by atoms with Crippen molar-refractivity contribution in [1.82, 2.24) is 29.8 Å². The van der Waals surface area contributed by atoms with E-state index in [2.05, 4.69) is 36.8 Å². The highest BCUT2D eigenvalue weighted by Crippen LogP contribution is 2.41. The zero-order chi connectivity index (χ0) is 20.9. The summed E-state index contributed by atoms with van der Waals surface area (Å²) < 4.78 is 7.52. The topological polar surface area (TPSA) is 72.9 Å². The molecular formula is C23H27ClN6O. The van der Waals surface area contributed by atoms with Crippen LogP contribution in [0.5, 0.6) is 0 Å². The molecule has 31 heavy (non-hydrogen) atoms. The van der Waals surface area contributed by atoms with E-state index in [0.29, 0.717) is 23.8 Å². The van der Waals surface area contributed by atoms with Crippen LogP contribution in [0.25, 0.3) is 5.69 Å². The third-order valence-corrected chi connectivity index (χ3v) is 7.58. The molecule has 2 fully saturated rings. The SMILES string of the molecule is Cc1nc([C@H]2CC[C@H](c3nnc4n3-c3ccc(Cl)cc3CN(C3CCC3)C4)CC2)no1. The van der Waals surface area contributed by atoms with E-state index in [9.17, 15) is 0 Å². The second-order valence-electron chi connectivity index (χ2n) is 9.29. The van der Waals surface area contributed by atoms with Crippen LogP contribution in [0.2, 0.25) is 5.02 Å². The van der Waals surface area contributed by atoms with Crippen LogP contribution in [-0.2, 0) is 13.1 Å². The predicted molar refractivity (Wildman–Crippen MR) is 116 cm³/mol. The summed E-state index contributed by atoms with van der Waals surface area (Å²) in [6, 6.07) is 6.90. The second kappa shape index (κ2) is 7.71. The summed E-state index contributed by atoms with van der Waals surface area (Å²) in [6.45, 7) is 3.62. The molecule has 0 spiro atoms. The summed E-state index contributed by atoms with van der Waals surface area (Å²) in [4.78, 5) is 7.01. The average Bonchev–Trinajstić information content (AvgIpc) is 3.30. The Hall–Kier alpha value is -2.25. The van der Waals surface area contributed by atoms with Crippen molar-refractivity contribution in [1.29, 1.82) is 0 Å². The summed E-state index contributed by atoms with van der Waals surface area (Å²) in [7, 11) is 0. The van der Waals surface area contributed by atoms with Crippen LogP contribution < -0.4 is 0 Å². The maximum Gasteiger partial charge on any atom is 0.223 e. The highest BCUT2D eigenvalue weighted by molar-refractivity contribution is 6.30. The van der Waals surface area contributed by atoms with Crippen molar-refractivity contribution in [2.75, 3.05) is 0 Å². The fourth-order valence-electron chi connectivity index (χ4n) is 5.42. The molecule has 1 aromatic carbocycles. The van der Waals surface area contributed by atoms with E-state index in [1.54, 1.807) is 0 Å². The number of nitrogens with zero attached hydrogens (tertiary/aromatic N) is 6. The van der Waals surface area contributed by atoms with Gasteiger partial charge in [0.2, 0.25) is 5.89 Å². The van der Waals surface area contributed by atoms with Crippen LogP contribution in [0, 0.1) is 6.92 Å². The minimum absolute atomic E-state index is 0.375. The average molecular weight is 439 g/mol. The minimum Gasteiger partial charge on any atom is -0.340 e. The molecule has 162 valence electrons. The van der Waals surface area contributed by atoms with Crippen LogP contribution in [0.15, 0.2) is 22.7 Å². The number of hydrogen-bond donors (Lipinski definition) is 0. The lowest BCUT2D eigenvalue weighted by atomic mass is 9.81. The van der Waals surface area contributed by atoms with Crippen molar-refractivity contribution < 1.29 is 4.52 Å². The molecule has 0 bridgehead atoms. The van der Waals surface area contributed by atoms with Gasteiger partial charge in [-0.2, -0.15) is 4.98 Å². The lowest BCUT2D eigenvalue weighted by Crippen LogP contribution is -2.38. The van der Waals surface area contributed by atoms with Gasteiger partial charge in [0.1, 0.15) is 5.82 Å². The van der Waals surface area contributed by atoms with Crippen LogP contribution >= 0.6 is 11.6 Å². The zero-order valence-corrected chi connectivity index (χ0v) is 18.6. The largest absolute Gasteiger partial charge is 0.340 e. The summed E-state index contributed by atoms with van der Waals surface area (Å²) in [5.74, 6) is 4.42. The van der Waals surface area contributed by atoms with Gasteiger partial charge in [-0.15, -0.1) is 10.2 Å². The number of aromatic nitrogens is 5. The molecule has 0 saturated heterocycles. The Kier molecular flexibility index (Phi) is 4.83. The standard InChI is InChI=1S/C23H27ClN6O/c1-14-25-22(28-31-14)15-5-7-16(8-6-15)23-27-26-21-13-29(19-3-2-4-19)12-17-11-18(24)9-10-20(17)30(21)23/h9-11,15-16,19H,2-8,12-13H2,1H3/t15-,16-. The first-order chi connectivity index (χ1) is 15.2. The first-order valence-corrected chi connectivity index (χ1v) is 11.8. The quantitative estimate of drug-likeness (QED) is 0.577. The fourth-order valence-corrected chi connectivity index (χ4v) is 5.61. The third kappa shape index (κ3) is 3.48. The summed E-state index contributed by atoms with van der Waals surface area (Å²) >= 11 is 6.39. The molecule has 0 radical (unpaired) electrons. The van der Waals surface area contributed by atoms with Gasteiger partial charge in [-0.3, -0.25) is 9.47 Å². The first-order valence-electron chi connectivity index (χ1n) is 11.4. The highest BCUT2D eigenvalue weighted by Gasteiger charge is 2.34. The molecule has 2 aliphatic carbocycles. The van der Waals surface area contributed by atoms with E-state index in [4.69, 9.17) is 21.2 Å². The van der Waals surface area contributed by atoms with Crippen molar-refractivity contribution >= 4 is 11.6 Å². The number of rotatable bonds is 3. The van der Waals surface area contributed by atoms with Crippen LogP contribution in [0.4, 0.5) is 0 Å². The molecule has 6 rings (SSSR count). The Bertz CT molecular complexity index is 1100. The highest BCUT2D eigenvalue weighted by atomic mass is 35.5. The lowest BCUT2D eigenvalue weighted by molar-refractivity contribution is 0.110. The number of fused-ring (bicyclic) bond motifs is 3. The Morgan fingerprint density at radius 1 is 1.00 bits per heavy atom. The molecule has 0 unspecified atom stereocenters. The molecule has 7 nitrogen and oxygen atoms in total. The van der Waals surface area contributed by atoms with Gasteiger partial charge in [-0.1, -0.05) is 23.2 Å². The molecule has 8 heteroatoms. The molecule has 3 aliphatic rings. The van der Waals surface area contributed by atoms with Crippen molar-refractivity contribution in [3.05, 3.63) is 52.1 Å². The summed E-state index contributed by atoms with van der Waals surface area (Å²) in [5, 5.41) is 14.4. The monoisotopic (exact) mass is 438 g/mol. The minimum atomic E-state index is 0.375. The second-order valence-corrected chi connectivity index (χ2v) is 9.73. The van der Waals surface area contributed by atoms with Gasteiger partial charge in [-0.25, -0.2) is 0 Å². The molecular weight excluding hydrogens is 412 g/mol. The molecule has 3 heterocycles. The Morgan fingerprint density at radius 2 is 1.81 bits per heavy atom. The Labute approximate surface area is 186 Å². The summed E-state index contributed by atoms with van der Waals surface area (Å²) in [5.41, 5.74) is 2.47. The molecule has 2 saturated carbocycles. The van der Waals surface area contributed by atoms with Gasteiger partial charge in [0.15, 0.2) is 11.6 Å². The Morgan fingerprint density at radius 3 is 2.52 bits per heavy atom. The van der Waals surface area contributed by atoms with Gasteiger partial charge < -0.3 is 4.52 Å². The predicted octanol–water partition coefficient (Wildman–Crippen LogP) is 4.92. The third-order valence-electron chi connectivity index (χ3n) is 7.35. The number of benzene rings is 1. The first kappa shape index (κ1) is 19.4. The van der Waals surface area contributed by atoms with Gasteiger partial charge in [0.05, 0.1) is 12.2 Å². The van der Waals surface area contributed by atoms with Gasteiger partial charge in [0.25, 0.3) is 0 Å².